The highest BCUT2D eigenvalue weighted by Gasteiger charge is 2.26. The van der Waals surface area contributed by atoms with Crippen LogP contribution in [0.3, 0.4) is 0 Å². The minimum atomic E-state index is -0.188. The van der Waals surface area contributed by atoms with Gasteiger partial charge in [-0.05, 0) is 18.6 Å². The number of carbonyl (C=O) groups is 1. The van der Waals surface area contributed by atoms with E-state index < -0.39 is 0 Å². The fourth-order valence-electron chi connectivity index (χ4n) is 2.54. The number of carbonyl (C=O) groups excluding carboxylic acids is 1. The molecular weight excluding hydrogens is 311 g/mol. The molecule has 0 aromatic heterocycles. The minimum absolute atomic E-state index is 0.179. The summed E-state index contributed by atoms with van der Waals surface area (Å²) >= 11 is 12.3. The van der Waals surface area contributed by atoms with Crippen molar-refractivity contribution in [2.75, 3.05) is 33.3 Å². The zero-order valence-electron chi connectivity index (χ0n) is 12.3. The number of hydrogen-bond acceptors (Lipinski definition) is 4. The molecule has 1 aliphatic heterocycles. The number of esters is 1. The Morgan fingerprint density at radius 3 is 2.57 bits per heavy atom. The van der Waals surface area contributed by atoms with Crippen molar-refractivity contribution < 1.29 is 9.53 Å². The molecule has 1 unspecified atom stereocenters. The predicted octanol–water partition coefficient (Wildman–Crippen LogP) is 2.67. The lowest BCUT2D eigenvalue weighted by atomic mass is 10.1. The zero-order valence-corrected chi connectivity index (χ0v) is 13.8. The van der Waals surface area contributed by atoms with E-state index >= 15 is 0 Å². The molecule has 1 aliphatic rings. The first-order valence-corrected chi connectivity index (χ1v) is 7.75. The van der Waals surface area contributed by atoms with Crippen LogP contribution in [0.5, 0.6) is 0 Å². The first-order valence-electron chi connectivity index (χ1n) is 7.00. The van der Waals surface area contributed by atoms with Crippen LogP contribution >= 0.6 is 23.2 Å². The lowest BCUT2D eigenvalue weighted by Crippen LogP contribution is -2.51. The number of methoxy groups -OCH3 is 1. The van der Waals surface area contributed by atoms with Crippen LogP contribution in [-0.2, 0) is 16.1 Å². The average Bonchev–Trinajstić information content (AvgIpc) is 2.51. The van der Waals surface area contributed by atoms with E-state index in [4.69, 9.17) is 27.9 Å². The van der Waals surface area contributed by atoms with Crippen LogP contribution < -0.4 is 0 Å². The van der Waals surface area contributed by atoms with Crippen molar-refractivity contribution in [2.45, 2.75) is 19.5 Å². The predicted molar refractivity (Wildman–Crippen MR) is 84.8 cm³/mol. The third-order valence-corrected chi connectivity index (χ3v) is 4.78. The third kappa shape index (κ3) is 4.10. The van der Waals surface area contributed by atoms with Crippen LogP contribution in [-0.4, -0.2) is 55.1 Å². The Labute approximate surface area is 135 Å². The maximum absolute atomic E-state index is 11.6. The number of piperazine rings is 1. The Morgan fingerprint density at radius 2 is 1.95 bits per heavy atom. The summed E-state index contributed by atoms with van der Waals surface area (Å²) < 4.78 is 4.79. The third-order valence-electron chi connectivity index (χ3n) is 3.92. The lowest BCUT2D eigenvalue weighted by Gasteiger charge is -2.37. The Bertz CT molecular complexity index is 502. The van der Waals surface area contributed by atoms with Gasteiger partial charge in [0, 0.05) is 32.7 Å². The van der Waals surface area contributed by atoms with Gasteiger partial charge in [-0.15, -0.1) is 0 Å². The lowest BCUT2D eigenvalue weighted by molar-refractivity contribution is -0.147. The number of nitrogens with zero attached hydrogens (tertiary/aromatic N) is 2. The number of halogens is 2. The summed E-state index contributed by atoms with van der Waals surface area (Å²) in [5, 5.41) is 1.22. The van der Waals surface area contributed by atoms with E-state index in [1.165, 1.54) is 7.11 Å². The van der Waals surface area contributed by atoms with E-state index in [-0.39, 0.29) is 12.0 Å². The Morgan fingerprint density at radius 1 is 1.29 bits per heavy atom. The molecular formula is C15H20Cl2N2O2. The molecule has 0 saturated carbocycles. The van der Waals surface area contributed by atoms with E-state index in [9.17, 15) is 4.79 Å². The van der Waals surface area contributed by atoms with E-state index in [0.717, 1.165) is 38.3 Å². The van der Waals surface area contributed by atoms with Gasteiger partial charge in [0.2, 0.25) is 0 Å². The van der Waals surface area contributed by atoms with Crippen LogP contribution in [0.2, 0.25) is 10.0 Å². The summed E-state index contributed by atoms with van der Waals surface area (Å²) in [7, 11) is 1.43. The van der Waals surface area contributed by atoms with E-state index in [1.54, 1.807) is 6.07 Å². The second-order valence-electron chi connectivity index (χ2n) is 5.22. The first kappa shape index (κ1) is 16.6. The molecule has 1 atom stereocenters. The van der Waals surface area contributed by atoms with Crippen molar-refractivity contribution in [3.8, 4) is 0 Å². The second-order valence-corrected chi connectivity index (χ2v) is 6.01. The van der Waals surface area contributed by atoms with Crippen molar-refractivity contribution in [1.29, 1.82) is 0 Å². The van der Waals surface area contributed by atoms with E-state index in [0.29, 0.717) is 10.0 Å². The number of benzene rings is 1. The van der Waals surface area contributed by atoms with Crippen LogP contribution in [0.4, 0.5) is 0 Å². The molecule has 1 saturated heterocycles. The summed E-state index contributed by atoms with van der Waals surface area (Å²) in [6, 6.07) is 5.52. The molecule has 0 spiro atoms. The highest BCUT2D eigenvalue weighted by molar-refractivity contribution is 6.42. The van der Waals surface area contributed by atoms with Gasteiger partial charge in [0.1, 0.15) is 6.04 Å². The summed E-state index contributed by atoms with van der Waals surface area (Å²) in [4.78, 5) is 16.0. The number of hydrogen-bond donors (Lipinski definition) is 0. The van der Waals surface area contributed by atoms with Crippen LogP contribution in [0.25, 0.3) is 0 Å². The van der Waals surface area contributed by atoms with Gasteiger partial charge in [0.05, 0.1) is 17.2 Å². The summed E-state index contributed by atoms with van der Waals surface area (Å²) in [6.07, 6.45) is 0. The number of rotatable bonds is 4. The fraction of sp³-hybridized carbons (Fsp3) is 0.533. The Balaban J connectivity index is 1.90. The molecule has 21 heavy (non-hydrogen) atoms. The highest BCUT2D eigenvalue weighted by atomic mass is 35.5. The smallest absolute Gasteiger partial charge is 0.322 e. The van der Waals surface area contributed by atoms with Gasteiger partial charge in [0.25, 0.3) is 0 Å². The van der Waals surface area contributed by atoms with Gasteiger partial charge in [-0.2, -0.15) is 0 Å². The average molecular weight is 331 g/mol. The molecule has 1 aromatic rings. The van der Waals surface area contributed by atoms with Gasteiger partial charge in [0.15, 0.2) is 0 Å². The highest BCUT2D eigenvalue weighted by Crippen LogP contribution is 2.26. The van der Waals surface area contributed by atoms with Crippen molar-refractivity contribution >= 4 is 29.2 Å². The normalized spacial score (nSPS) is 18.5. The Hall–Kier alpha value is -0.810. The van der Waals surface area contributed by atoms with E-state index in [1.807, 2.05) is 19.1 Å². The molecule has 4 nitrogen and oxygen atoms in total. The SMILES string of the molecule is COC(=O)C(C)N1CCN(Cc2cccc(Cl)c2Cl)CC1. The molecule has 1 aromatic carbocycles. The van der Waals surface area contributed by atoms with Crippen molar-refractivity contribution in [1.82, 2.24) is 9.80 Å². The fourth-order valence-corrected chi connectivity index (χ4v) is 2.92. The Kier molecular flexibility index (Phi) is 5.88. The van der Waals surface area contributed by atoms with Crippen molar-refractivity contribution in [3.63, 3.8) is 0 Å². The van der Waals surface area contributed by atoms with Gasteiger partial charge < -0.3 is 4.74 Å². The topological polar surface area (TPSA) is 32.8 Å². The summed E-state index contributed by atoms with van der Waals surface area (Å²) in [5.41, 5.74) is 1.04. The monoisotopic (exact) mass is 330 g/mol. The van der Waals surface area contributed by atoms with E-state index in [2.05, 4.69) is 9.80 Å². The quantitative estimate of drug-likeness (QED) is 0.794. The molecule has 116 valence electrons. The summed E-state index contributed by atoms with van der Waals surface area (Å²) in [5.74, 6) is -0.179. The molecule has 0 N–H and O–H groups in total. The zero-order chi connectivity index (χ0) is 15.4. The van der Waals surface area contributed by atoms with Crippen LogP contribution in [0, 0.1) is 0 Å². The molecule has 0 aliphatic carbocycles. The molecule has 6 heteroatoms. The molecule has 0 radical (unpaired) electrons. The van der Waals surface area contributed by atoms with Crippen molar-refractivity contribution in [2.24, 2.45) is 0 Å². The second kappa shape index (κ2) is 7.45. The molecule has 0 bridgehead atoms. The minimum Gasteiger partial charge on any atom is -0.468 e. The van der Waals surface area contributed by atoms with Gasteiger partial charge in [-0.25, -0.2) is 0 Å². The molecule has 0 amide bonds. The molecule has 2 rings (SSSR count). The van der Waals surface area contributed by atoms with Gasteiger partial charge >= 0.3 is 5.97 Å². The maximum atomic E-state index is 11.6. The largest absolute Gasteiger partial charge is 0.468 e. The van der Waals surface area contributed by atoms with Gasteiger partial charge in [-0.1, -0.05) is 35.3 Å². The molecule has 1 fully saturated rings. The van der Waals surface area contributed by atoms with Crippen LogP contribution in [0.15, 0.2) is 18.2 Å². The number of ether oxygens (including phenoxy) is 1. The van der Waals surface area contributed by atoms with Crippen LogP contribution in [0.1, 0.15) is 12.5 Å². The van der Waals surface area contributed by atoms with Gasteiger partial charge in [-0.3, -0.25) is 14.6 Å². The van der Waals surface area contributed by atoms with Crippen molar-refractivity contribution in [3.05, 3.63) is 33.8 Å². The molecule has 1 heterocycles. The standard InChI is InChI=1S/C15H20Cl2N2O2/c1-11(15(20)21-2)19-8-6-18(7-9-19)10-12-4-3-5-13(16)14(12)17/h3-5,11H,6-10H2,1-2H3. The maximum Gasteiger partial charge on any atom is 0.322 e. The first-order chi connectivity index (χ1) is 10.0. The summed E-state index contributed by atoms with van der Waals surface area (Å²) in [6.45, 7) is 6.13.